The fraction of sp³-hybridized carbons (Fsp3) is 0.0769. The van der Waals surface area contributed by atoms with Gasteiger partial charge >= 0.3 is 5.97 Å². The topological polar surface area (TPSA) is 96.4 Å². The lowest BCUT2D eigenvalue weighted by atomic mass is 9.99. The molecule has 2 N–H and O–H groups in total. The van der Waals surface area contributed by atoms with Crippen LogP contribution in [0, 0.1) is 0 Å². The first-order valence-corrected chi connectivity index (χ1v) is 10.1. The number of nitrogens with one attached hydrogen (secondary N) is 1. The first-order valence-electron chi connectivity index (χ1n) is 10.1. The average Bonchev–Trinajstić information content (AvgIpc) is 2.83. The molecule has 1 aromatic heterocycles. The van der Waals surface area contributed by atoms with E-state index in [1.165, 1.54) is 0 Å². The van der Waals surface area contributed by atoms with E-state index in [4.69, 9.17) is 0 Å². The third kappa shape index (κ3) is 4.70. The van der Waals surface area contributed by atoms with Crippen molar-refractivity contribution < 1.29 is 19.5 Å². The van der Waals surface area contributed by atoms with Crippen LogP contribution in [0.5, 0.6) is 0 Å². The molecule has 3 aromatic carbocycles. The van der Waals surface area contributed by atoms with Gasteiger partial charge in [-0.2, -0.15) is 0 Å². The fourth-order valence-corrected chi connectivity index (χ4v) is 3.41. The summed E-state index contributed by atoms with van der Waals surface area (Å²) in [5.41, 5.74) is 2.59. The monoisotopic (exact) mass is 424 g/mol. The maximum absolute atomic E-state index is 12.6. The van der Waals surface area contributed by atoms with Crippen molar-refractivity contribution in [2.24, 2.45) is 0 Å². The number of carboxylic acids is 1. The Morgan fingerprint density at radius 2 is 1.44 bits per heavy atom. The Bertz CT molecular complexity index is 1280. The number of para-hydroxylation sites is 1. The molecule has 1 heterocycles. The maximum atomic E-state index is 12.6. The molecule has 4 aromatic rings. The van der Waals surface area contributed by atoms with Crippen molar-refractivity contribution in [3.8, 4) is 0 Å². The van der Waals surface area contributed by atoms with Crippen LogP contribution in [-0.2, 0) is 11.2 Å². The Hall–Kier alpha value is -4.32. The van der Waals surface area contributed by atoms with Crippen LogP contribution in [0.3, 0.4) is 0 Å². The number of ketones is 1. The minimum atomic E-state index is -1.15. The van der Waals surface area contributed by atoms with Crippen LogP contribution < -0.4 is 5.32 Å². The number of pyridine rings is 1. The number of hydrogen-bond donors (Lipinski definition) is 2. The zero-order valence-electron chi connectivity index (χ0n) is 17.1. The number of aliphatic carboxylic acids is 1. The number of fused-ring (bicyclic) bond motifs is 1. The summed E-state index contributed by atoms with van der Waals surface area (Å²) in [5.74, 6) is -1.81. The molecule has 6 nitrogen and oxygen atoms in total. The van der Waals surface area contributed by atoms with E-state index >= 15 is 0 Å². The minimum absolute atomic E-state index is 0.0778. The van der Waals surface area contributed by atoms with Crippen LogP contribution in [-0.4, -0.2) is 33.8 Å². The van der Waals surface area contributed by atoms with Crippen molar-refractivity contribution in [1.29, 1.82) is 0 Å². The summed E-state index contributed by atoms with van der Waals surface area (Å²) in [6.07, 6.45) is 0.0778. The van der Waals surface area contributed by atoms with Crippen LogP contribution in [0.15, 0.2) is 91.0 Å². The number of benzene rings is 3. The highest BCUT2D eigenvalue weighted by molar-refractivity contribution is 6.09. The number of carbonyl (C=O) groups excluding carboxylic acids is 2. The second-order valence-electron chi connectivity index (χ2n) is 7.35. The molecule has 0 spiro atoms. The lowest BCUT2D eigenvalue weighted by Crippen LogP contribution is -2.42. The van der Waals surface area contributed by atoms with Crippen molar-refractivity contribution in [2.75, 3.05) is 0 Å². The smallest absolute Gasteiger partial charge is 0.326 e. The highest BCUT2D eigenvalue weighted by Gasteiger charge is 2.22. The third-order valence-electron chi connectivity index (χ3n) is 5.13. The van der Waals surface area contributed by atoms with Crippen molar-refractivity contribution in [3.05, 3.63) is 113 Å². The number of hydrogen-bond acceptors (Lipinski definition) is 4. The lowest BCUT2D eigenvalue weighted by molar-refractivity contribution is -0.139. The zero-order chi connectivity index (χ0) is 22.5. The van der Waals surface area contributed by atoms with E-state index in [1.54, 1.807) is 66.7 Å². The van der Waals surface area contributed by atoms with Gasteiger partial charge in [-0.3, -0.25) is 9.59 Å². The molecule has 1 atom stereocenters. The molecule has 0 aliphatic heterocycles. The van der Waals surface area contributed by atoms with Gasteiger partial charge in [-0.15, -0.1) is 0 Å². The molecule has 0 saturated carbocycles. The van der Waals surface area contributed by atoms with E-state index in [9.17, 15) is 19.5 Å². The Balaban J connectivity index is 1.46. The van der Waals surface area contributed by atoms with E-state index < -0.39 is 17.9 Å². The zero-order valence-corrected chi connectivity index (χ0v) is 17.1. The molecule has 1 amide bonds. The van der Waals surface area contributed by atoms with Gasteiger partial charge in [-0.05, 0) is 17.7 Å². The molecule has 0 saturated heterocycles. The normalized spacial score (nSPS) is 11.6. The summed E-state index contributed by atoms with van der Waals surface area (Å²) in [6.45, 7) is 0. The van der Waals surface area contributed by atoms with Gasteiger partial charge < -0.3 is 10.4 Å². The highest BCUT2D eigenvalue weighted by Crippen LogP contribution is 2.14. The first kappa shape index (κ1) is 20.9. The summed E-state index contributed by atoms with van der Waals surface area (Å²) < 4.78 is 0. The van der Waals surface area contributed by atoms with Gasteiger partial charge in [0.05, 0.1) is 5.52 Å². The first-order chi connectivity index (χ1) is 15.5. The quantitative estimate of drug-likeness (QED) is 0.439. The molecule has 0 unspecified atom stereocenters. The van der Waals surface area contributed by atoms with Gasteiger partial charge in [0, 0.05) is 22.9 Å². The van der Waals surface area contributed by atoms with Gasteiger partial charge in [0.25, 0.3) is 5.91 Å². The standard InChI is InChI=1S/C26H20N2O4/c29-24(19-7-2-1-3-8-19)20-12-10-17(11-13-20)16-23(26(31)32)28-25(30)22-15-14-18-6-4-5-9-21(18)27-22/h1-15,23H,16H2,(H,28,30)(H,31,32)/t23-/m1/s1. The molecular weight excluding hydrogens is 404 g/mol. The lowest BCUT2D eigenvalue weighted by Gasteiger charge is -2.15. The predicted octanol–water partition coefficient (Wildman–Crippen LogP) is 3.89. The summed E-state index contributed by atoms with van der Waals surface area (Å²) in [6, 6.07) is 25.2. The van der Waals surface area contributed by atoms with E-state index in [0.29, 0.717) is 22.2 Å². The second-order valence-corrected chi connectivity index (χ2v) is 7.35. The van der Waals surface area contributed by atoms with Crippen molar-refractivity contribution in [1.82, 2.24) is 10.3 Å². The van der Waals surface area contributed by atoms with E-state index in [1.807, 2.05) is 24.3 Å². The number of carbonyl (C=O) groups is 3. The van der Waals surface area contributed by atoms with Gasteiger partial charge in [0.2, 0.25) is 0 Å². The van der Waals surface area contributed by atoms with E-state index in [0.717, 1.165) is 5.39 Å². The van der Waals surface area contributed by atoms with Gasteiger partial charge in [0.1, 0.15) is 11.7 Å². The summed E-state index contributed by atoms with van der Waals surface area (Å²) in [4.78, 5) is 41.2. The van der Waals surface area contributed by atoms with Gasteiger partial charge in [0.15, 0.2) is 5.78 Å². The van der Waals surface area contributed by atoms with Crippen LogP contribution in [0.25, 0.3) is 10.9 Å². The molecule has 158 valence electrons. The third-order valence-corrected chi connectivity index (χ3v) is 5.13. The predicted molar refractivity (Wildman–Crippen MR) is 121 cm³/mol. The molecule has 4 rings (SSSR count). The summed E-state index contributed by atoms with van der Waals surface area (Å²) >= 11 is 0. The van der Waals surface area contributed by atoms with Crippen molar-refractivity contribution in [2.45, 2.75) is 12.5 Å². The highest BCUT2D eigenvalue weighted by atomic mass is 16.4. The molecular formula is C26H20N2O4. The Labute approximate surface area is 184 Å². The van der Waals surface area contributed by atoms with Crippen LogP contribution in [0.4, 0.5) is 0 Å². The molecule has 0 aliphatic rings. The molecule has 6 heteroatoms. The second kappa shape index (κ2) is 9.22. The number of aromatic nitrogens is 1. The molecule has 0 aliphatic carbocycles. The largest absolute Gasteiger partial charge is 0.480 e. The number of rotatable bonds is 7. The number of carboxylic acid groups (broad SMARTS) is 1. The van der Waals surface area contributed by atoms with Crippen LogP contribution in [0.2, 0.25) is 0 Å². The molecule has 32 heavy (non-hydrogen) atoms. The van der Waals surface area contributed by atoms with Crippen molar-refractivity contribution >= 4 is 28.6 Å². The van der Waals surface area contributed by atoms with Crippen LogP contribution >= 0.6 is 0 Å². The van der Waals surface area contributed by atoms with Crippen molar-refractivity contribution in [3.63, 3.8) is 0 Å². The van der Waals surface area contributed by atoms with Gasteiger partial charge in [-0.1, -0.05) is 78.9 Å². The fourth-order valence-electron chi connectivity index (χ4n) is 3.41. The molecule has 0 radical (unpaired) electrons. The Morgan fingerprint density at radius 1 is 0.781 bits per heavy atom. The van der Waals surface area contributed by atoms with E-state index in [-0.39, 0.29) is 17.9 Å². The summed E-state index contributed by atoms with van der Waals surface area (Å²) in [7, 11) is 0. The van der Waals surface area contributed by atoms with Gasteiger partial charge in [-0.25, -0.2) is 9.78 Å². The SMILES string of the molecule is O=C(c1ccccc1)c1ccc(C[C@@H](NC(=O)c2ccc3ccccc3n2)C(=O)O)cc1. The number of nitrogens with zero attached hydrogens (tertiary/aromatic N) is 1. The van der Waals surface area contributed by atoms with E-state index in [2.05, 4.69) is 10.3 Å². The van der Waals surface area contributed by atoms with Crippen LogP contribution in [0.1, 0.15) is 32.0 Å². The minimum Gasteiger partial charge on any atom is -0.480 e. The molecule has 0 fully saturated rings. The average molecular weight is 424 g/mol. The number of amides is 1. The summed E-state index contributed by atoms with van der Waals surface area (Å²) in [5, 5.41) is 13.0. The Kier molecular flexibility index (Phi) is 6.03. The Morgan fingerprint density at radius 3 is 2.16 bits per heavy atom. The molecule has 0 bridgehead atoms. The maximum Gasteiger partial charge on any atom is 0.326 e.